The molecule has 1 atom stereocenters. The second-order valence-electron chi connectivity index (χ2n) is 5.75. The number of rotatable bonds is 9. The van der Waals surface area contributed by atoms with Crippen LogP contribution in [0.3, 0.4) is 0 Å². The lowest BCUT2D eigenvalue weighted by atomic mass is 10.1. The van der Waals surface area contributed by atoms with Crippen molar-refractivity contribution in [1.82, 2.24) is 5.32 Å². The minimum Gasteiger partial charge on any atom is -0.461 e. The van der Waals surface area contributed by atoms with Crippen LogP contribution in [0.4, 0.5) is 0 Å². The third-order valence-electron chi connectivity index (χ3n) is 3.96. The quantitative estimate of drug-likeness (QED) is 0.732. The molecule has 3 nitrogen and oxygen atoms in total. The predicted molar refractivity (Wildman–Crippen MR) is 87.4 cm³/mol. The van der Waals surface area contributed by atoms with Gasteiger partial charge in [-0.2, -0.15) is 0 Å². The van der Waals surface area contributed by atoms with Crippen LogP contribution < -0.4 is 5.32 Å². The number of nitrogens with one attached hydrogen (secondary N) is 1. The fourth-order valence-corrected chi connectivity index (χ4v) is 2.66. The Bertz CT molecular complexity index is 547. The Morgan fingerprint density at radius 3 is 2.81 bits per heavy atom. The van der Waals surface area contributed by atoms with Gasteiger partial charge in [0.15, 0.2) is 0 Å². The molecule has 0 saturated carbocycles. The van der Waals surface area contributed by atoms with Crippen LogP contribution in [0.1, 0.15) is 50.9 Å². The highest BCUT2D eigenvalue weighted by atomic mass is 16.3. The Morgan fingerprint density at radius 2 is 2.05 bits per heavy atom. The van der Waals surface area contributed by atoms with E-state index in [9.17, 15) is 0 Å². The first-order chi connectivity index (χ1) is 10.3. The Kier molecular flexibility index (Phi) is 6.27. The molecule has 1 aromatic heterocycles. The van der Waals surface area contributed by atoms with Gasteiger partial charge in [-0.15, -0.1) is 0 Å². The van der Waals surface area contributed by atoms with E-state index in [0.717, 1.165) is 43.6 Å². The zero-order valence-corrected chi connectivity index (χ0v) is 13.2. The summed E-state index contributed by atoms with van der Waals surface area (Å²) in [5.74, 6) is 1.12. The molecule has 1 aromatic carbocycles. The van der Waals surface area contributed by atoms with Gasteiger partial charge in [0.1, 0.15) is 11.3 Å². The number of para-hydroxylation sites is 1. The first-order valence-corrected chi connectivity index (χ1v) is 8.09. The molecule has 2 N–H and O–H groups in total. The van der Waals surface area contributed by atoms with Crippen LogP contribution in [-0.2, 0) is 13.0 Å². The monoisotopic (exact) mass is 289 g/mol. The van der Waals surface area contributed by atoms with Crippen LogP contribution in [0.2, 0.25) is 0 Å². The molecule has 2 aromatic rings. The van der Waals surface area contributed by atoms with Crippen molar-refractivity contribution in [3.8, 4) is 0 Å². The number of benzene rings is 1. The number of aryl methyl sites for hydroxylation is 1. The number of aliphatic hydroxyl groups excluding tert-OH is 1. The number of furan rings is 1. The van der Waals surface area contributed by atoms with Crippen molar-refractivity contribution >= 4 is 11.0 Å². The average Bonchev–Trinajstić information content (AvgIpc) is 2.86. The highest BCUT2D eigenvalue weighted by Crippen LogP contribution is 2.27. The summed E-state index contributed by atoms with van der Waals surface area (Å²) in [5, 5.41) is 13.7. The summed E-state index contributed by atoms with van der Waals surface area (Å²) in [5.41, 5.74) is 2.29. The molecule has 0 saturated heterocycles. The van der Waals surface area contributed by atoms with Crippen molar-refractivity contribution in [2.45, 2.75) is 58.5 Å². The average molecular weight is 289 g/mol. The van der Waals surface area contributed by atoms with Gasteiger partial charge in [-0.1, -0.05) is 31.5 Å². The molecule has 0 radical (unpaired) electrons. The van der Waals surface area contributed by atoms with Crippen LogP contribution in [0.25, 0.3) is 11.0 Å². The maximum atomic E-state index is 8.91. The molecule has 3 heteroatoms. The normalized spacial score (nSPS) is 12.9. The molecular formula is C18H27NO2. The van der Waals surface area contributed by atoms with Crippen molar-refractivity contribution in [3.63, 3.8) is 0 Å². The summed E-state index contributed by atoms with van der Waals surface area (Å²) in [4.78, 5) is 0. The molecule has 21 heavy (non-hydrogen) atoms. The van der Waals surface area contributed by atoms with E-state index in [2.05, 4.69) is 31.3 Å². The number of aliphatic hydroxyl groups is 1. The van der Waals surface area contributed by atoms with Crippen LogP contribution in [0, 0.1) is 0 Å². The van der Waals surface area contributed by atoms with Crippen molar-refractivity contribution in [3.05, 3.63) is 35.6 Å². The van der Waals surface area contributed by atoms with E-state index < -0.39 is 0 Å². The first kappa shape index (κ1) is 16.1. The lowest BCUT2D eigenvalue weighted by Gasteiger charge is -2.13. The molecular weight excluding hydrogens is 262 g/mol. The van der Waals surface area contributed by atoms with Gasteiger partial charge in [-0.3, -0.25) is 0 Å². The summed E-state index contributed by atoms with van der Waals surface area (Å²) >= 11 is 0. The molecule has 0 aliphatic rings. The molecule has 1 unspecified atom stereocenters. The van der Waals surface area contributed by atoms with E-state index in [0.29, 0.717) is 6.04 Å². The predicted octanol–water partition coefficient (Wildman–Crippen LogP) is 4.03. The van der Waals surface area contributed by atoms with E-state index in [1.807, 2.05) is 12.1 Å². The van der Waals surface area contributed by atoms with Gasteiger partial charge < -0.3 is 14.8 Å². The van der Waals surface area contributed by atoms with Crippen molar-refractivity contribution in [1.29, 1.82) is 0 Å². The minimum atomic E-state index is 0.266. The van der Waals surface area contributed by atoms with E-state index >= 15 is 0 Å². The summed E-state index contributed by atoms with van der Waals surface area (Å²) in [6.45, 7) is 5.48. The van der Waals surface area contributed by atoms with Gasteiger partial charge in [0.2, 0.25) is 0 Å². The van der Waals surface area contributed by atoms with Crippen molar-refractivity contribution in [2.24, 2.45) is 0 Å². The zero-order valence-electron chi connectivity index (χ0n) is 13.2. The standard InChI is InChI=1S/C18H27NO2/c1-3-4-10-18-16(13-19-14(2)8-7-12-20)15-9-5-6-11-17(15)21-18/h5-6,9,11,14,19-20H,3-4,7-8,10,12-13H2,1-2H3. The Hall–Kier alpha value is -1.32. The fourth-order valence-electron chi connectivity index (χ4n) is 2.66. The highest BCUT2D eigenvalue weighted by molar-refractivity contribution is 5.82. The van der Waals surface area contributed by atoms with Gasteiger partial charge >= 0.3 is 0 Å². The first-order valence-electron chi connectivity index (χ1n) is 8.09. The molecule has 0 fully saturated rings. The molecule has 0 bridgehead atoms. The second-order valence-corrected chi connectivity index (χ2v) is 5.75. The van der Waals surface area contributed by atoms with Crippen LogP contribution in [-0.4, -0.2) is 17.8 Å². The maximum absolute atomic E-state index is 8.91. The summed E-state index contributed by atoms with van der Waals surface area (Å²) < 4.78 is 6.03. The molecule has 116 valence electrons. The summed E-state index contributed by atoms with van der Waals surface area (Å²) in [6, 6.07) is 8.69. The highest BCUT2D eigenvalue weighted by Gasteiger charge is 2.14. The van der Waals surface area contributed by atoms with Gasteiger partial charge in [0, 0.05) is 36.6 Å². The van der Waals surface area contributed by atoms with Crippen LogP contribution in [0.15, 0.2) is 28.7 Å². The minimum absolute atomic E-state index is 0.266. The van der Waals surface area contributed by atoms with Gasteiger partial charge in [0.25, 0.3) is 0 Å². The lowest BCUT2D eigenvalue weighted by molar-refractivity contribution is 0.276. The molecule has 0 aliphatic heterocycles. The van der Waals surface area contributed by atoms with Gasteiger partial charge in [-0.25, -0.2) is 0 Å². The Labute approximate surface area is 127 Å². The number of fused-ring (bicyclic) bond motifs is 1. The van der Waals surface area contributed by atoms with Gasteiger partial charge in [0.05, 0.1) is 0 Å². The third-order valence-corrected chi connectivity index (χ3v) is 3.96. The molecule has 1 heterocycles. The zero-order chi connectivity index (χ0) is 15.1. The van der Waals surface area contributed by atoms with E-state index in [1.54, 1.807) is 0 Å². The number of hydrogen-bond donors (Lipinski definition) is 2. The van der Waals surface area contributed by atoms with Gasteiger partial charge in [-0.05, 0) is 32.3 Å². The summed E-state index contributed by atoms with van der Waals surface area (Å²) in [7, 11) is 0. The maximum Gasteiger partial charge on any atom is 0.134 e. The SMILES string of the molecule is CCCCc1oc2ccccc2c1CNC(C)CCCO. The van der Waals surface area contributed by atoms with Crippen LogP contribution >= 0.6 is 0 Å². The smallest absolute Gasteiger partial charge is 0.134 e. The molecule has 2 rings (SSSR count). The van der Waals surface area contributed by atoms with E-state index in [1.165, 1.54) is 17.4 Å². The topological polar surface area (TPSA) is 45.4 Å². The Morgan fingerprint density at radius 1 is 1.24 bits per heavy atom. The van der Waals surface area contributed by atoms with Crippen molar-refractivity contribution < 1.29 is 9.52 Å². The second kappa shape index (κ2) is 8.20. The number of unbranched alkanes of at least 4 members (excludes halogenated alkanes) is 1. The third kappa shape index (κ3) is 4.32. The largest absolute Gasteiger partial charge is 0.461 e. The molecule has 0 aliphatic carbocycles. The van der Waals surface area contributed by atoms with E-state index in [-0.39, 0.29) is 6.61 Å². The fraction of sp³-hybridized carbons (Fsp3) is 0.556. The molecule has 0 amide bonds. The van der Waals surface area contributed by atoms with Crippen molar-refractivity contribution in [2.75, 3.05) is 6.61 Å². The van der Waals surface area contributed by atoms with E-state index in [4.69, 9.17) is 9.52 Å². The summed E-state index contributed by atoms with van der Waals surface area (Å²) in [6.07, 6.45) is 5.19. The Balaban J connectivity index is 2.11. The number of hydrogen-bond acceptors (Lipinski definition) is 3. The molecule has 0 spiro atoms. The lowest BCUT2D eigenvalue weighted by Crippen LogP contribution is -2.26. The van der Waals surface area contributed by atoms with Crippen LogP contribution in [0.5, 0.6) is 0 Å².